The van der Waals surface area contributed by atoms with Crippen molar-refractivity contribution in [3.05, 3.63) is 29.8 Å². The number of likely N-dealkylation sites (tertiary alicyclic amines) is 1. The van der Waals surface area contributed by atoms with Gasteiger partial charge in [0.15, 0.2) is 0 Å². The van der Waals surface area contributed by atoms with E-state index < -0.39 is 0 Å². The van der Waals surface area contributed by atoms with Gasteiger partial charge in [0.1, 0.15) is 5.75 Å². The smallest absolute Gasteiger partial charge is 0.115 e. The summed E-state index contributed by atoms with van der Waals surface area (Å²) in [6, 6.07) is 8.29. The first-order valence-corrected chi connectivity index (χ1v) is 7.42. The maximum atomic E-state index is 9.31. The fraction of sp³-hybridized carbons (Fsp3) is 0.625. The molecule has 3 heteroatoms. The van der Waals surface area contributed by atoms with Crippen molar-refractivity contribution in [3.8, 4) is 5.75 Å². The minimum Gasteiger partial charge on any atom is -0.508 e. The minimum absolute atomic E-state index is 0.320. The molecule has 2 atom stereocenters. The predicted octanol–water partition coefficient (Wildman–Crippen LogP) is 2.92. The van der Waals surface area contributed by atoms with Crippen LogP contribution in [0.1, 0.15) is 44.7 Å². The highest BCUT2D eigenvalue weighted by Gasteiger charge is 2.15. The second-order valence-electron chi connectivity index (χ2n) is 5.74. The van der Waals surface area contributed by atoms with Gasteiger partial charge in [0.2, 0.25) is 0 Å². The van der Waals surface area contributed by atoms with Crippen molar-refractivity contribution in [2.75, 3.05) is 19.6 Å². The molecular weight excluding hydrogens is 236 g/mol. The van der Waals surface area contributed by atoms with Crippen LogP contribution in [0.4, 0.5) is 0 Å². The molecule has 0 radical (unpaired) electrons. The first-order chi connectivity index (χ1) is 9.15. The van der Waals surface area contributed by atoms with E-state index in [1.807, 2.05) is 12.1 Å². The Kier molecular flexibility index (Phi) is 5.23. The van der Waals surface area contributed by atoms with Crippen molar-refractivity contribution in [1.29, 1.82) is 0 Å². The maximum Gasteiger partial charge on any atom is 0.115 e. The molecule has 0 bridgehead atoms. The van der Waals surface area contributed by atoms with E-state index in [1.165, 1.54) is 37.9 Å². The van der Waals surface area contributed by atoms with Crippen LogP contribution in [0.5, 0.6) is 5.75 Å². The van der Waals surface area contributed by atoms with Gasteiger partial charge in [-0.2, -0.15) is 0 Å². The molecule has 2 unspecified atom stereocenters. The lowest BCUT2D eigenvalue weighted by molar-refractivity contribution is 0.205. The Labute approximate surface area is 116 Å². The Bertz CT molecular complexity index is 371. The number of rotatable bonds is 5. The summed E-state index contributed by atoms with van der Waals surface area (Å²) in [4.78, 5) is 2.56. The summed E-state index contributed by atoms with van der Waals surface area (Å²) < 4.78 is 0. The highest BCUT2D eigenvalue weighted by molar-refractivity contribution is 5.27. The fourth-order valence-electron chi connectivity index (χ4n) is 2.87. The number of phenolic OH excluding ortho intramolecular Hbond substituents is 1. The molecule has 0 saturated carbocycles. The number of aromatic hydroxyl groups is 1. The zero-order valence-electron chi connectivity index (χ0n) is 12.1. The largest absolute Gasteiger partial charge is 0.508 e. The second kappa shape index (κ2) is 6.92. The minimum atomic E-state index is 0.320. The molecule has 1 aliphatic heterocycles. The second-order valence-corrected chi connectivity index (χ2v) is 5.74. The average molecular weight is 262 g/mol. The molecule has 1 aromatic rings. The van der Waals surface area contributed by atoms with E-state index in [-0.39, 0.29) is 0 Å². The lowest BCUT2D eigenvalue weighted by Gasteiger charge is -2.30. The SMILES string of the molecule is CC(CN1CCCCC1)NC(C)c1ccc(O)cc1. The first kappa shape index (κ1) is 14.4. The van der Waals surface area contributed by atoms with E-state index in [4.69, 9.17) is 0 Å². The molecular formula is C16H26N2O. The summed E-state index contributed by atoms with van der Waals surface area (Å²) >= 11 is 0. The Morgan fingerprint density at radius 3 is 2.37 bits per heavy atom. The Morgan fingerprint density at radius 2 is 1.74 bits per heavy atom. The molecule has 0 amide bonds. The van der Waals surface area contributed by atoms with Gasteiger partial charge in [-0.3, -0.25) is 0 Å². The standard InChI is InChI=1S/C16H26N2O/c1-13(12-18-10-4-3-5-11-18)17-14(2)15-6-8-16(19)9-7-15/h6-9,13-14,17,19H,3-5,10-12H2,1-2H3. The fourth-order valence-corrected chi connectivity index (χ4v) is 2.87. The third-order valence-electron chi connectivity index (χ3n) is 3.91. The number of benzene rings is 1. The van der Waals surface area contributed by atoms with Gasteiger partial charge in [0, 0.05) is 18.6 Å². The average Bonchev–Trinajstić information content (AvgIpc) is 2.40. The Morgan fingerprint density at radius 1 is 1.11 bits per heavy atom. The highest BCUT2D eigenvalue weighted by atomic mass is 16.3. The van der Waals surface area contributed by atoms with E-state index in [9.17, 15) is 5.11 Å². The third kappa shape index (κ3) is 4.51. The van der Waals surface area contributed by atoms with Crippen LogP contribution in [0.15, 0.2) is 24.3 Å². The highest BCUT2D eigenvalue weighted by Crippen LogP contribution is 2.17. The van der Waals surface area contributed by atoms with Crippen LogP contribution in [0, 0.1) is 0 Å². The Hall–Kier alpha value is -1.06. The van der Waals surface area contributed by atoms with E-state index in [0.29, 0.717) is 17.8 Å². The zero-order chi connectivity index (χ0) is 13.7. The molecule has 2 N–H and O–H groups in total. The van der Waals surface area contributed by atoms with Crippen LogP contribution in [0.2, 0.25) is 0 Å². The van der Waals surface area contributed by atoms with Gasteiger partial charge < -0.3 is 15.3 Å². The number of nitrogens with zero attached hydrogens (tertiary/aromatic N) is 1. The summed E-state index contributed by atoms with van der Waals surface area (Å²) in [7, 11) is 0. The first-order valence-electron chi connectivity index (χ1n) is 7.42. The van der Waals surface area contributed by atoms with E-state index in [2.05, 4.69) is 24.1 Å². The van der Waals surface area contributed by atoms with Gasteiger partial charge in [-0.1, -0.05) is 18.6 Å². The molecule has 1 aromatic carbocycles. The summed E-state index contributed by atoms with van der Waals surface area (Å²) in [5.41, 5.74) is 1.23. The molecule has 0 aromatic heterocycles. The van der Waals surface area contributed by atoms with Crippen molar-refractivity contribution in [2.24, 2.45) is 0 Å². The molecule has 1 fully saturated rings. The molecule has 106 valence electrons. The van der Waals surface area contributed by atoms with Gasteiger partial charge in [0.05, 0.1) is 0 Å². The van der Waals surface area contributed by atoms with Crippen LogP contribution >= 0.6 is 0 Å². The zero-order valence-corrected chi connectivity index (χ0v) is 12.1. The normalized spacial score (nSPS) is 20.1. The van der Waals surface area contributed by atoms with Crippen LogP contribution in [0.25, 0.3) is 0 Å². The number of piperidine rings is 1. The van der Waals surface area contributed by atoms with Crippen molar-refractivity contribution in [3.63, 3.8) is 0 Å². The van der Waals surface area contributed by atoms with E-state index in [1.54, 1.807) is 12.1 Å². The summed E-state index contributed by atoms with van der Waals surface area (Å²) in [6.07, 6.45) is 4.09. The molecule has 0 spiro atoms. The van der Waals surface area contributed by atoms with Crippen molar-refractivity contribution in [2.45, 2.75) is 45.2 Å². The van der Waals surface area contributed by atoms with Gasteiger partial charge in [-0.15, -0.1) is 0 Å². The van der Waals surface area contributed by atoms with Crippen molar-refractivity contribution < 1.29 is 5.11 Å². The van der Waals surface area contributed by atoms with Crippen molar-refractivity contribution in [1.82, 2.24) is 10.2 Å². The predicted molar refractivity (Wildman–Crippen MR) is 79.4 cm³/mol. The van der Waals surface area contributed by atoms with Crippen LogP contribution in [-0.2, 0) is 0 Å². The van der Waals surface area contributed by atoms with Crippen molar-refractivity contribution >= 4 is 0 Å². The van der Waals surface area contributed by atoms with Gasteiger partial charge in [0.25, 0.3) is 0 Å². The molecule has 1 heterocycles. The van der Waals surface area contributed by atoms with Gasteiger partial charge >= 0.3 is 0 Å². The maximum absolute atomic E-state index is 9.31. The number of hydrogen-bond donors (Lipinski definition) is 2. The van der Waals surface area contributed by atoms with E-state index in [0.717, 1.165) is 6.54 Å². The Balaban J connectivity index is 1.80. The van der Waals surface area contributed by atoms with Gasteiger partial charge in [-0.25, -0.2) is 0 Å². The molecule has 19 heavy (non-hydrogen) atoms. The summed E-state index contributed by atoms with van der Waals surface area (Å²) in [6.45, 7) is 8.06. The number of nitrogens with one attached hydrogen (secondary N) is 1. The van der Waals surface area contributed by atoms with Crippen LogP contribution in [-0.4, -0.2) is 35.7 Å². The lowest BCUT2D eigenvalue weighted by atomic mass is 10.1. The molecule has 1 saturated heterocycles. The number of phenols is 1. The topological polar surface area (TPSA) is 35.5 Å². The third-order valence-corrected chi connectivity index (χ3v) is 3.91. The van der Waals surface area contributed by atoms with Gasteiger partial charge in [-0.05, 0) is 57.5 Å². The molecule has 3 nitrogen and oxygen atoms in total. The molecule has 2 rings (SSSR count). The van der Waals surface area contributed by atoms with Crippen LogP contribution in [0.3, 0.4) is 0 Å². The quantitative estimate of drug-likeness (QED) is 0.856. The number of hydrogen-bond acceptors (Lipinski definition) is 3. The van der Waals surface area contributed by atoms with Crippen LogP contribution < -0.4 is 5.32 Å². The summed E-state index contributed by atoms with van der Waals surface area (Å²) in [5, 5.41) is 12.9. The van der Waals surface area contributed by atoms with E-state index >= 15 is 0 Å². The molecule has 0 aliphatic carbocycles. The lowest BCUT2D eigenvalue weighted by Crippen LogP contribution is -2.42. The summed E-state index contributed by atoms with van der Waals surface area (Å²) in [5.74, 6) is 0.331. The monoisotopic (exact) mass is 262 g/mol. The molecule has 1 aliphatic rings.